The Morgan fingerprint density at radius 1 is 1.11 bits per heavy atom. The van der Waals surface area contributed by atoms with Crippen LogP contribution in [0.5, 0.6) is 11.5 Å². The molecule has 2 heterocycles. The van der Waals surface area contributed by atoms with Gasteiger partial charge in [0.25, 0.3) is 11.8 Å². The van der Waals surface area contributed by atoms with Crippen molar-refractivity contribution >= 4 is 11.6 Å². The van der Waals surface area contributed by atoms with Crippen molar-refractivity contribution in [2.45, 2.75) is 20.3 Å². The molecular formula is C21H21N3O4. The normalized spacial score (nSPS) is 13.2. The molecule has 0 saturated carbocycles. The van der Waals surface area contributed by atoms with Crippen LogP contribution in [-0.2, 0) is 4.79 Å². The number of hydrogen-bond acceptors (Lipinski definition) is 6. The van der Waals surface area contributed by atoms with Crippen LogP contribution in [0.15, 0.2) is 47.0 Å². The molecule has 1 aliphatic rings. The van der Waals surface area contributed by atoms with Crippen molar-refractivity contribution in [3.8, 4) is 34.3 Å². The van der Waals surface area contributed by atoms with Gasteiger partial charge in [0.2, 0.25) is 5.82 Å². The molecule has 144 valence electrons. The second-order valence-corrected chi connectivity index (χ2v) is 6.40. The summed E-state index contributed by atoms with van der Waals surface area (Å²) in [6, 6.07) is 13.1. The van der Waals surface area contributed by atoms with Crippen LogP contribution in [0.4, 0.5) is 5.69 Å². The Morgan fingerprint density at radius 3 is 2.64 bits per heavy atom. The molecule has 28 heavy (non-hydrogen) atoms. The minimum Gasteiger partial charge on any atom is -0.494 e. The second kappa shape index (κ2) is 7.72. The zero-order chi connectivity index (χ0) is 19.5. The van der Waals surface area contributed by atoms with Crippen LogP contribution in [-0.4, -0.2) is 35.8 Å². The molecular weight excluding hydrogens is 358 g/mol. The summed E-state index contributed by atoms with van der Waals surface area (Å²) in [6.07, 6.45) is 0.861. The lowest BCUT2D eigenvalue weighted by Crippen LogP contribution is -2.39. The first kappa shape index (κ1) is 18.0. The molecule has 1 aliphatic heterocycles. The molecule has 7 nitrogen and oxygen atoms in total. The molecule has 4 rings (SSSR count). The van der Waals surface area contributed by atoms with Gasteiger partial charge in [-0.2, -0.15) is 4.98 Å². The van der Waals surface area contributed by atoms with Gasteiger partial charge in [0.15, 0.2) is 6.61 Å². The number of anilines is 1. The Balaban J connectivity index is 1.63. The van der Waals surface area contributed by atoms with Crippen molar-refractivity contribution in [1.29, 1.82) is 0 Å². The summed E-state index contributed by atoms with van der Waals surface area (Å²) in [5.74, 6) is 2.32. The number of aromatic nitrogens is 2. The quantitative estimate of drug-likeness (QED) is 0.646. The van der Waals surface area contributed by atoms with Crippen molar-refractivity contribution in [1.82, 2.24) is 10.1 Å². The monoisotopic (exact) mass is 379 g/mol. The highest BCUT2D eigenvalue weighted by molar-refractivity contribution is 5.98. The molecule has 0 N–H and O–H groups in total. The zero-order valence-corrected chi connectivity index (χ0v) is 15.8. The molecule has 0 unspecified atom stereocenters. The predicted octanol–water partition coefficient (Wildman–Crippen LogP) is 3.94. The van der Waals surface area contributed by atoms with E-state index in [-0.39, 0.29) is 12.5 Å². The highest BCUT2D eigenvalue weighted by atomic mass is 16.5. The number of hydrogen-bond donors (Lipinski definition) is 0. The standard InChI is InChI=1S/C21H21N3O4/c1-3-11-24-17-12-15(7-10-18(17)27-13-19(24)25)20-22-21(28-23-20)14-5-8-16(9-6-14)26-4-2/h5-10,12H,3-4,11,13H2,1-2H3. The summed E-state index contributed by atoms with van der Waals surface area (Å²) < 4.78 is 16.4. The van der Waals surface area contributed by atoms with Crippen LogP contribution in [0.25, 0.3) is 22.8 Å². The number of fused-ring (bicyclic) bond motifs is 1. The van der Waals surface area contributed by atoms with Crippen LogP contribution in [0.2, 0.25) is 0 Å². The first-order valence-electron chi connectivity index (χ1n) is 9.34. The number of ether oxygens (including phenoxy) is 2. The van der Waals surface area contributed by atoms with Crippen molar-refractivity contribution < 1.29 is 18.8 Å². The first-order valence-corrected chi connectivity index (χ1v) is 9.34. The van der Waals surface area contributed by atoms with Crippen LogP contribution < -0.4 is 14.4 Å². The van der Waals surface area contributed by atoms with E-state index in [2.05, 4.69) is 10.1 Å². The van der Waals surface area contributed by atoms with E-state index in [0.29, 0.717) is 30.6 Å². The van der Waals surface area contributed by atoms with Gasteiger partial charge >= 0.3 is 0 Å². The van der Waals surface area contributed by atoms with E-state index in [4.69, 9.17) is 14.0 Å². The lowest BCUT2D eigenvalue weighted by atomic mass is 10.1. The van der Waals surface area contributed by atoms with E-state index in [1.807, 2.05) is 56.3 Å². The third-order valence-electron chi connectivity index (χ3n) is 4.45. The summed E-state index contributed by atoms with van der Waals surface area (Å²) in [5, 5.41) is 4.10. The summed E-state index contributed by atoms with van der Waals surface area (Å²) in [4.78, 5) is 18.4. The number of nitrogens with zero attached hydrogens (tertiary/aromatic N) is 3. The van der Waals surface area contributed by atoms with Gasteiger partial charge < -0.3 is 18.9 Å². The molecule has 0 aliphatic carbocycles. The lowest BCUT2D eigenvalue weighted by Gasteiger charge is -2.29. The highest BCUT2D eigenvalue weighted by Crippen LogP contribution is 2.36. The Morgan fingerprint density at radius 2 is 1.89 bits per heavy atom. The average molecular weight is 379 g/mol. The predicted molar refractivity (Wildman–Crippen MR) is 104 cm³/mol. The van der Waals surface area contributed by atoms with E-state index < -0.39 is 0 Å². The minimum atomic E-state index is -0.0466. The van der Waals surface area contributed by atoms with Gasteiger partial charge in [0.1, 0.15) is 11.5 Å². The number of rotatable bonds is 6. The maximum Gasteiger partial charge on any atom is 0.265 e. The van der Waals surface area contributed by atoms with Gasteiger partial charge in [-0.25, -0.2) is 0 Å². The van der Waals surface area contributed by atoms with Gasteiger partial charge in [0.05, 0.1) is 12.3 Å². The van der Waals surface area contributed by atoms with Gasteiger partial charge in [-0.15, -0.1) is 0 Å². The summed E-state index contributed by atoms with van der Waals surface area (Å²) in [7, 11) is 0. The maximum atomic E-state index is 12.2. The fourth-order valence-corrected chi connectivity index (χ4v) is 3.13. The Kier molecular flexibility index (Phi) is 4.97. The Bertz CT molecular complexity index is 982. The van der Waals surface area contributed by atoms with Crippen LogP contribution >= 0.6 is 0 Å². The van der Waals surface area contributed by atoms with Gasteiger partial charge in [-0.1, -0.05) is 12.1 Å². The van der Waals surface area contributed by atoms with E-state index in [9.17, 15) is 4.79 Å². The van der Waals surface area contributed by atoms with E-state index in [0.717, 1.165) is 29.0 Å². The molecule has 0 fully saturated rings. The topological polar surface area (TPSA) is 77.7 Å². The van der Waals surface area contributed by atoms with Gasteiger partial charge in [-0.3, -0.25) is 4.79 Å². The van der Waals surface area contributed by atoms with Gasteiger partial charge in [-0.05, 0) is 55.8 Å². The maximum absolute atomic E-state index is 12.2. The summed E-state index contributed by atoms with van der Waals surface area (Å²) in [5.41, 5.74) is 2.31. The number of carbonyl (C=O) groups is 1. The van der Waals surface area contributed by atoms with Crippen molar-refractivity contribution in [2.75, 3.05) is 24.7 Å². The molecule has 0 radical (unpaired) electrons. The molecule has 0 bridgehead atoms. The number of benzene rings is 2. The van der Waals surface area contributed by atoms with Crippen LogP contribution in [0.1, 0.15) is 20.3 Å². The van der Waals surface area contributed by atoms with Crippen molar-refractivity contribution in [3.63, 3.8) is 0 Å². The largest absolute Gasteiger partial charge is 0.494 e. The number of carbonyl (C=O) groups excluding carboxylic acids is 1. The van der Waals surface area contributed by atoms with Crippen LogP contribution in [0.3, 0.4) is 0 Å². The fraction of sp³-hybridized carbons (Fsp3) is 0.286. The smallest absolute Gasteiger partial charge is 0.265 e. The van der Waals surface area contributed by atoms with E-state index in [1.54, 1.807) is 4.90 Å². The first-order chi connectivity index (χ1) is 13.7. The molecule has 2 aromatic carbocycles. The molecule has 1 aromatic heterocycles. The Labute approximate surface area is 162 Å². The van der Waals surface area contributed by atoms with Crippen molar-refractivity contribution in [3.05, 3.63) is 42.5 Å². The molecule has 1 amide bonds. The fourth-order valence-electron chi connectivity index (χ4n) is 3.13. The number of amides is 1. The molecule has 0 atom stereocenters. The third kappa shape index (κ3) is 3.43. The molecule has 0 saturated heterocycles. The zero-order valence-electron chi connectivity index (χ0n) is 15.8. The molecule has 0 spiro atoms. The highest BCUT2D eigenvalue weighted by Gasteiger charge is 2.25. The summed E-state index contributed by atoms with van der Waals surface area (Å²) >= 11 is 0. The lowest BCUT2D eigenvalue weighted by molar-refractivity contribution is -0.121. The Hall–Kier alpha value is -3.35. The van der Waals surface area contributed by atoms with Crippen molar-refractivity contribution in [2.24, 2.45) is 0 Å². The average Bonchev–Trinajstić information content (AvgIpc) is 3.21. The minimum absolute atomic E-state index is 0.0466. The molecule has 3 aromatic rings. The van der Waals surface area contributed by atoms with E-state index in [1.165, 1.54) is 0 Å². The summed E-state index contributed by atoms with van der Waals surface area (Å²) in [6.45, 7) is 5.30. The molecule has 7 heteroatoms. The van der Waals surface area contributed by atoms with Crippen LogP contribution in [0, 0.1) is 0 Å². The third-order valence-corrected chi connectivity index (χ3v) is 4.45. The van der Waals surface area contributed by atoms with E-state index >= 15 is 0 Å². The van der Waals surface area contributed by atoms with Gasteiger partial charge in [0, 0.05) is 17.7 Å². The second-order valence-electron chi connectivity index (χ2n) is 6.40. The SMILES string of the molecule is CCCN1C(=O)COc2ccc(-c3noc(-c4ccc(OCC)cc4)n3)cc21.